The maximum absolute atomic E-state index is 12.8. The van der Waals surface area contributed by atoms with Crippen LogP contribution < -0.4 is 5.32 Å². The van der Waals surface area contributed by atoms with Crippen LogP contribution >= 0.6 is 0 Å². The molecule has 2 aromatic rings. The summed E-state index contributed by atoms with van der Waals surface area (Å²) in [6, 6.07) is 6.50. The normalized spacial score (nSPS) is 23.3. The third-order valence-electron chi connectivity index (χ3n) is 5.15. The summed E-state index contributed by atoms with van der Waals surface area (Å²) in [6.07, 6.45) is 8.40. The molecule has 5 nitrogen and oxygen atoms in total. The van der Waals surface area contributed by atoms with Gasteiger partial charge in [-0.05, 0) is 50.3 Å². The number of carbonyl (C=O) groups is 1. The molecule has 2 aliphatic rings. The van der Waals surface area contributed by atoms with Gasteiger partial charge in [0.1, 0.15) is 0 Å². The van der Waals surface area contributed by atoms with Crippen LogP contribution in [0.15, 0.2) is 30.6 Å². The lowest BCUT2D eigenvalue weighted by Gasteiger charge is -2.34. The number of nitrogens with one attached hydrogen (secondary N) is 1. The Kier molecular flexibility index (Phi) is 3.58. The van der Waals surface area contributed by atoms with Crippen molar-refractivity contribution >= 4 is 11.4 Å². The van der Waals surface area contributed by atoms with Gasteiger partial charge < -0.3 is 10.2 Å². The average molecular weight is 298 g/mol. The molecule has 0 saturated carbocycles. The molecule has 2 aliphatic heterocycles. The summed E-state index contributed by atoms with van der Waals surface area (Å²) >= 11 is 0. The number of likely N-dealkylation sites (tertiary alicyclic amines) is 1. The number of pyridine rings is 1. The van der Waals surface area contributed by atoms with Gasteiger partial charge in [0.2, 0.25) is 0 Å². The minimum absolute atomic E-state index is 0.124. The third-order valence-corrected chi connectivity index (χ3v) is 5.15. The molecule has 2 fully saturated rings. The molecule has 0 spiro atoms. The summed E-state index contributed by atoms with van der Waals surface area (Å²) in [7, 11) is 0. The molecule has 2 saturated heterocycles. The molecule has 0 bridgehead atoms. The van der Waals surface area contributed by atoms with Gasteiger partial charge >= 0.3 is 0 Å². The number of hydrogen-bond donors (Lipinski definition) is 1. The highest BCUT2D eigenvalue weighted by atomic mass is 16.2. The molecule has 5 heteroatoms. The van der Waals surface area contributed by atoms with Crippen LogP contribution in [-0.4, -0.2) is 46.1 Å². The van der Waals surface area contributed by atoms with Crippen molar-refractivity contribution in [2.24, 2.45) is 5.92 Å². The van der Waals surface area contributed by atoms with Crippen molar-refractivity contribution in [1.29, 1.82) is 0 Å². The van der Waals surface area contributed by atoms with Crippen molar-refractivity contribution in [1.82, 2.24) is 19.8 Å². The van der Waals surface area contributed by atoms with Gasteiger partial charge in [-0.15, -0.1) is 0 Å². The average Bonchev–Trinajstić information content (AvgIpc) is 3.24. The summed E-state index contributed by atoms with van der Waals surface area (Å²) < 4.78 is 1.77. The van der Waals surface area contributed by atoms with E-state index in [0.717, 1.165) is 49.5 Å². The second kappa shape index (κ2) is 5.72. The van der Waals surface area contributed by atoms with Crippen molar-refractivity contribution in [3.05, 3.63) is 36.2 Å². The van der Waals surface area contributed by atoms with E-state index in [-0.39, 0.29) is 5.91 Å². The summed E-state index contributed by atoms with van der Waals surface area (Å²) in [5.74, 6) is 0.856. The van der Waals surface area contributed by atoms with Crippen molar-refractivity contribution in [2.45, 2.75) is 31.7 Å². The lowest BCUT2D eigenvalue weighted by atomic mass is 9.88. The van der Waals surface area contributed by atoms with Crippen LogP contribution in [0.3, 0.4) is 0 Å². The molecular formula is C17H22N4O. The first-order valence-corrected chi connectivity index (χ1v) is 8.28. The van der Waals surface area contributed by atoms with Crippen molar-refractivity contribution < 1.29 is 4.79 Å². The second-order valence-corrected chi connectivity index (χ2v) is 6.42. The molecule has 4 rings (SSSR count). The standard InChI is InChI=1S/C17H22N4O/c22-17(14-12-19-21-9-2-1-5-16(14)21)20-10-6-13(7-11-20)15-4-3-8-18-15/h1-2,5,9,12-13,15,18H,3-4,6-8,10-11H2. The molecule has 1 N–H and O–H groups in total. The SMILES string of the molecule is O=C(c1cnn2ccccc12)N1CCC(C2CCCN2)CC1. The Morgan fingerprint density at radius 1 is 1.23 bits per heavy atom. The van der Waals surface area contributed by atoms with E-state index in [2.05, 4.69) is 10.4 Å². The van der Waals surface area contributed by atoms with E-state index in [1.807, 2.05) is 29.3 Å². The topological polar surface area (TPSA) is 49.6 Å². The zero-order valence-corrected chi connectivity index (χ0v) is 12.7. The number of hydrogen-bond acceptors (Lipinski definition) is 3. The monoisotopic (exact) mass is 298 g/mol. The first-order valence-electron chi connectivity index (χ1n) is 8.28. The third kappa shape index (κ3) is 2.39. The van der Waals surface area contributed by atoms with Crippen LogP contribution in [0.2, 0.25) is 0 Å². The highest BCUT2D eigenvalue weighted by Gasteiger charge is 2.30. The van der Waals surface area contributed by atoms with E-state index in [1.165, 1.54) is 12.8 Å². The van der Waals surface area contributed by atoms with Crippen molar-refractivity contribution in [2.75, 3.05) is 19.6 Å². The number of carbonyl (C=O) groups excluding carboxylic acids is 1. The zero-order chi connectivity index (χ0) is 14.9. The van der Waals surface area contributed by atoms with Gasteiger partial charge in [-0.3, -0.25) is 4.79 Å². The molecule has 1 amide bonds. The van der Waals surface area contributed by atoms with Gasteiger partial charge in [-0.25, -0.2) is 4.52 Å². The maximum atomic E-state index is 12.8. The first-order chi connectivity index (χ1) is 10.8. The van der Waals surface area contributed by atoms with Crippen molar-refractivity contribution in [3.8, 4) is 0 Å². The molecule has 22 heavy (non-hydrogen) atoms. The van der Waals surface area contributed by atoms with Crippen LogP contribution in [0.4, 0.5) is 0 Å². The van der Waals surface area contributed by atoms with E-state index in [1.54, 1.807) is 10.7 Å². The highest BCUT2D eigenvalue weighted by Crippen LogP contribution is 2.26. The minimum Gasteiger partial charge on any atom is -0.339 e. The summed E-state index contributed by atoms with van der Waals surface area (Å²) in [6.45, 7) is 2.89. The molecule has 4 heterocycles. The number of fused-ring (bicyclic) bond motifs is 1. The Balaban J connectivity index is 1.45. The quantitative estimate of drug-likeness (QED) is 0.922. The lowest BCUT2D eigenvalue weighted by Crippen LogP contribution is -2.43. The second-order valence-electron chi connectivity index (χ2n) is 6.42. The predicted octanol–water partition coefficient (Wildman–Crippen LogP) is 1.94. The van der Waals surface area contributed by atoms with Gasteiger partial charge in [0.15, 0.2) is 0 Å². The Morgan fingerprint density at radius 3 is 2.86 bits per heavy atom. The van der Waals surface area contributed by atoms with Crippen LogP contribution in [0, 0.1) is 5.92 Å². The molecule has 2 aromatic heterocycles. The van der Waals surface area contributed by atoms with Gasteiger partial charge in [-0.1, -0.05) is 6.07 Å². The predicted molar refractivity (Wildman–Crippen MR) is 84.8 cm³/mol. The van der Waals surface area contributed by atoms with Crippen LogP contribution in [-0.2, 0) is 0 Å². The van der Waals surface area contributed by atoms with E-state index >= 15 is 0 Å². The molecule has 0 aliphatic carbocycles. The van der Waals surface area contributed by atoms with E-state index < -0.39 is 0 Å². The highest BCUT2D eigenvalue weighted by molar-refractivity contribution is 6.00. The molecule has 0 aromatic carbocycles. The molecule has 1 atom stereocenters. The molecular weight excluding hydrogens is 276 g/mol. The summed E-state index contributed by atoms with van der Waals surface area (Å²) in [5, 5.41) is 7.88. The number of nitrogens with zero attached hydrogens (tertiary/aromatic N) is 3. The fourth-order valence-corrected chi connectivity index (χ4v) is 3.89. The maximum Gasteiger partial charge on any atom is 0.257 e. The molecule has 0 radical (unpaired) electrons. The number of piperidine rings is 1. The Labute approximate surface area is 130 Å². The van der Waals surface area contributed by atoms with Gasteiger partial charge in [0, 0.05) is 25.3 Å². The largest absolute Gasteiger partial charge is 0.339 e. The lowest BCUT2D eigenvalue weighted by molar-refractivity contribution is 0.0676. The number of rotatable bonds is 2. The number of aromatic nitrogens is 2. The number of amides is 1. The molecule has 1 unspecified atom stereocenters. The zero-order valence-electron chi connectivity index (χ0n) is 12.7. The van der Waals surface area contributed by atoms with E-state index in [9.17, 15) is 4.79 Å². The van der Waals surface area contributed by atoms with Crippen LogP contribution in [0.25, 0.3) is 5.52 Å². The first kappa shape index (κ1) is 13.8. The van der Waals surface area contributed by atoms with Crippen LogP contribution in [0.1, 0.15) is 36.0 Å². The van der Waals surface area contributed by atoms with Gasteiger partial charge in [0.25, 0.3) is 5.91 Å². The summed E-state index contributed by atoms with van der Waals surface area (Å²) in [4.78, 5) is 14.8. The van der Waals surface area contributed by atoms with Crippen LogP contribution in [0.5, 0.6) is 0 Å². The Hall–Kier alpha value is -1.88. The Morgan fingerprint density at radius 2 is 2.09 bits per heavy atom. The van der Waals surface area contributed by atoms with Crippen molar-refractivity contribution in [3.63, 3.8) is 0 Å². The van der Waals surface area contributed by atoms with Gasteiger partial charge in [0.05, 0.1) is 17.3 Å². The molecule has 116 valence electrons. The fraction of sp³-hybridized carbons (Fsp3) is 0.529. The van der Waals surface area contributed by atoms with Gasteiger partial charge in [-0.2, -0.15) is 5.10 Å². The van der Waals surface area contributed by atoms with E-state index in [0.29, 0.717) is 6.04 Å². The minimum atomic E-state index is 0.124. The Bertz CT molecular complexity index is 666. The fourth-order valence-electron chi connectivity index (χ4n) is 3.89. The van der Waals surface area contributed by atoms with E-state index in [4.69, 9.17) is 0 Å². The smallest absolute Gasteiger partial charge is 0.257 e. The summed E-state index contributed by atoms with van der Waals surface area (Å²) in [5.41, 5.74) is 1.62.